The molecule has 1 aromatic rings. The van der Waals surface area contributed by atoms with Gasteiger partial charge in [0.25, 0.3) is 0 Å². The Kier molecular flexibility index (Phi) is 3.38. The number of halogens is 4. The number of rotatable bonds is 3. The zero-order valence-corrected chi connectivity index (χ0v) is 9.97. The third-order valence-electron chi connectivity index (χ3n) is 2.82. The summed E-state index contributed by atoms with van der Waals surface area (Å²) in [6, 6.07) is 1.92. The fourth-order valence-electron chi connectivity index (χ4n) is 1.77. The molecule has 1 fully saturated rings. The smallest absolute Gasteiger partial charge is 0.377 e. The Hall–Kier alpha value is -1.79. The van der Waals surface area contributed by atoms with E-state index in [1.165, 1.54) is 6.92 Å². The van der Waals surface area contributed by atoms with E-state index < -0.39 is 36.1 Å². The molecule has 2 rings (SSSR count). The van der Waals surface area contributed by atoms with E-state index >= 15 is 0 Å². The number of hydrogen-bond acceptors (Lipinski definition) is 3. The fourth-order valence-corrected chi connectivity index (χ4v) is 1.77. The molecule has 1 saturated heterocycles. The van der Waals surface area contributed by atoms with Crippen LogP contribution in [0, 0.1) is 18.6 Å². The topological polar surface area (TPSA) is 38.3 Å². The van der Waals surface area contributed by atoms with Crippen molar-refractivity contribution in [3.63, 3.8) is 0 Å². The monoisotopic (exact) mass is 277 g/mol. The van der Waals surface area contributed by atoms with Crippen molar-refractivity contribution in [1.29, 1.82) is 0 Å². The van der Waals surface area contributed by atoms with E-state index in [1.54, 1.807) is 0 Å². The maximum Gasteiger partial charge on any atom is 0.377 e. The van der Waals surface area contributed by atoms with Gasteiger partial charge < -0.3 is 10.1 Å². The summed E-state index contributed by atoms with van der Waals surface area (Å²) in [7, 11) is 0. The van der Waals surface area contributed by atoms with Crippen molar-refractivity contribution in [2.75, 3.05) is 11.9 Å². The van der Waals surface area contributed by atoms with Gasteiger partial charge in [0.05, 0.1) is 18.7 Å². The lowest BCUT2D eigenvalue weighted by molar-refractivity contribution is -0.158. The second-order valence-electron chi connectivity index (χ2n) is 4.40. The number of anilines is 1. The van der Waals surface area contributed by atoms with Crippen LogP contribution in [0.2, 0.25) is 0 Å². The Morgan fingerprint density at radius 2 is 2.05 bits per heavy atom. The van der Waals surface area contributed by atoms with Crippen LogP contribution in [0.5, 0.6) is 0 Å². The maximum absolute atomic E-state index is 13.4. The Morgan fingerprint density at radius 3 is 2.63 bits per heavy atom. The number of cyclic esters (lactones) is 1. The number of nitrogens with one attached hydrogen (secondary N) is 1. The lowest BCUT2D eigenvalue weighted by Crippen LogP contribution is -2.22. The first-order valence-electron chi connectivity index (χ1n) is 5.58. The van der Waals surface area contributed by atoms with E-state index in [9.17, 15) is 22.4 Å². The number of carbonyl (C=O) groups excluding carboxylic acids is 1. The minimum atomic E-state index is -3.51. The molecule has 1 unspecified atom stereocenters. The molecule has 0 radical (unpaired) electrons. The van der Waals surface area contributed by atoms with Crippen LogP contribution in [-0.4, -0.2) is 24.5 Å². The second-order valence-corrected chi connectivity index (χ2v) is 4.40. The molecular weight excluding hydrogens is 266 g/mol. The van der Waals surface area contributed by atoms with Crippen LogP contribution in [0.3, 0.4) is 0 Å². The number of hydrogen-bond donors (Lipinski definition) is 1. The van der Waals surface area contributed by atoms with Crippen molar-refractivity contribution in [3.8, 4) is 0 Å². The van der Waals surface area contributed by atoms with E-state index in [0.717, 1.165) is 12.1 Å². The molecule has 0 spiro atoms. The highest BCUT2D eigenvalue weighted by molar-refractivity contribution is 5.79. The van der Waals surface area contributed by atoms with Crippen molar-refractivity contribution in [3.05, 3.63) is 29.3 Å². The van der Waals surface area contributed by atoms with E-state index in [1.807, 2.05) is 0 Å². The summed E-state index contributed by atoms with van der Waals surface area (Å²) >= 11 is 0. The first kappa shape index (κ1) is 13.6. The van der Waals surface area contributed by atoms with Gasteiger partial charge in [-0.2, -0.15) is 8.78 Å². The number of ether oxygens (including phenoxy) is 1. The molecule has 3 nitrogen and oxygen atoms in total. The summed E-state index contributed by atoms with van der Waals surface area (Å²) in [5, 5.41) is 2.46. The summed E-state index contributed by atoms with van der Waals surface area (Å²) in [5.41, 5.74) is -0.0174. The normalized spacial score (nSPS) is 21.3. The average Bonchev–Trinajstić information content (AvgIpc) is 2.56. The predicted molar refractivity (Wildman–Crippen MR) is 59.0 cm³/mol. The van der Waals surface area contributed by atoms with Crippen molar-refractivity contribution in [1.82, 2.24) is 0 Å². The maximum atomic E-state index is 13.4. The number of alkyl halides is 2. The van der Waals surface area contributed by atoms with E-state index in [-0.39, 0.29) is 17.8 Å². The summed E-state index contributed by atoms with van der Waals surface area (Å²) < 4.78 is 56.9. The summed E-state index contributed by atoms with van der Waals surface area (Å²) in [6.45, 7) is 1.20. The van der Waals surface area contributed by atoms with Crippen LogP contribution < -0.4 is 5.32 Å². The predicted octanol–water partition coefficient (Wildman–Crippen LogP) is 2.64. The van der Waals surface area contributed by atoms with E-state index in [0.29, 0.717) is 0 Å². The molecule has 1 aliphatic rings. The third-order valence-corrected chi connectivity index (χ3v) is 2.82. The summed E-state index contributed by atoms with van der Waals surface area (Å²) in [5.74, 6) is -6.41. The van der Waals surface area contributed by atoms with Gasteiger partial charge in [0, 0.05) is 6.07 Å². The number of carbonyl (C=O) groups is 1. The van der Waals surface area contributed by atoms with Crippen LogP contribution in [0.25, 0.3) is 0 Å². The standard InChI is InChI=1S/C12H11F4NO2/c1-6-2-9(14)10(3-8(6)13)17-5-7-4-12(15,16)11(18)19-7/h2-3,7,17H,4-5H2,1H3. The molecule has 1 heterocycles. The Labute approximate surface area is 106 Å². The summed E-state index contributed by atoms with van der Waals surface area (Å²) in [6.07, 6.45) is -1.83. The minimum absolute atomic E-state index is 0.141. The van der Waals surface area contributed by atoms with Crippen molar-refractivity contribution in [2.45, 2.75) is 25.4 Å². The van der Waals surface area contributed by atoms with Crippen LogP contribution in [0.15, 0.2) is 12.1 Å². The van der Waals surface area contributed by atoms with Gasteiger partial charge in [-0.25, -0.2) is 13.6 Å². The summed E-state index contributed by atoms with van der Waals surface area (Å²) in [4.78, 5) is 10.7. The van der Waals surface area contributed by atoms with E-state index in [4.69, 9.17) is 0 Å². The van der Waals surface area contributed by atoms with Gasteiger partial charge in [-0.15, -0.1) is 0 Å². The zero-order valence-electron chi connectivity index (χ0n) is 9.97. The first-order chi connectivity index (χ1) is 8.79. The molecule has 1 atom stereocenters. The van der Waals surface area contributed by atoms with Gasteiger partial charge >= 0.3 is 11.9 Å². The molecule has 7 heteroatoms. The SMILES string of the molecule is Cc1cc(F)c(NCC2CC(F)(F)C(=O)O2)cc1F. The van der Waals surface area contributed by atoms with Crippen LogP contribution in [0.4, 0.5) is 23.2 Å². The molecule has 0 saturated carbocycles. The average molecular weight is 277 g/mol. The molecule has 104 valence electrons. The number of benzene rings is 1. The highest BCUT2D eigenvalue weighted by Crippen LogP contribution is 2.31. The van der Waals surface area contributed by atoms with Crippen LogP contribution >= 0.6 is 0 Å². The Bertz CT molecular complexity index is 519. The van der Waals surface area contributed by atoms with Gasteiger partial charge in [-0.1, -0.05) is 0 Å². The molecule has 0 aliphatic carbocycles. The number of esters is 1. The largest absolute Gasteiger partial charge is 0.456 e. The van der Waals surface area contributed by atoms with Crippen molar-refractivity contribution >= 4 is 11.7 Å². The molecule has 0 bridgehead atoms. The second kappa shape index (κ2) is 4.71. The molecule has 1 aliphatic heterocycles. The molecule has 0 aromatic heterocycles. The van der Waals surface area contributed by atoms with Crippen molar-refractivity contribution in [2.24, 2.45) is 0 Å². The quantitative estimate of drug-likeness (QED) is 0.682. The van der Waals surface area contributed by atoms with Gasteiger partial charge in [0.15, 0.2) is 0 Å². The molecular formula is C12H11F4NO2. The van der Waals surface area contributed by atoms with Gasteiger partial charge in [-0.05, 0) is 18.6 Å². The number of aryl methyl sites for hydroxylation is 1. The Morgan fingerprint density at radius 1 is 1.37 bits per heavy atom. The fraction of sp³-hybridized carbons (Fsp3) is 0.417. The van der Waals surface area contributed by atoms with Crippen LogP contribution in [0.1, 0.15) is 12.0 Å². The lowest BCUT2D eigenvalue weighted by Gasteiger charge is -2.12. The zero-order chi connectivity index (χ0) is 14.2. The van der Waals surface area contributed by atoms with Gasteiger partial charge in [0.1, 0.15) is 17.7 Å². The minimum Gasteiger partial charge on any atom is -0.456 e. The Balaban J connectivity index is 2.01. The lowest BCUT2D eigenvalue weighted by atomic mass is 10.1. The molecule has 19 heavy (non-hydrogen) atoms. The highest BCUT2D eigenvalue weighted by Gasteiger charge is 2.50. The molecule has 1 N–H and O–H groups in total. The molecule has 1 aromatic carbocycles. The molecule has 0 amide bonds. The van der Waals surface area contributed by atoms with Gasteiger partial charge in [-0.3, -0.25) is 0 Å². The van der Waals surface area contributed by atoms with Gasteiger partial charge in [0.2, 0.25) is 0 Å². The third kappa shape index (κ3) is 2.80. The first-order valence-corrected chi connectivity index (χ1v) is 5.58. The van der Waals surface area contributed by atoms with E-state index in [2.05, 4.69) is 10.1 Å². The highest BCUT2D eigenvalue weighted by atomic mass is 19.3. The van der Waals surface area contributed by atoms with Crippen LogP contribution in [-0.2, 0) is 9.53 Å². The van der Waals surface area contributed by atoms with Crippen molar-refractivity contribution < 1.29 is 27.1 Å².